The van der Waals surface area contributed by atoms with Crippen LogP contribution in [0.4, 0.5) is 5.69 Å². The molecule has 3 N–H and O–H groups in total. The molecular formula is C26H24ClN3O4. The summed E-state index contributed by atoms with van der Waals surface area (Å²) in [5.74, 6) is -0.725. The van der Waals surface area contributed by atoms with Crippen LogP contribution in [0.25, 0.3) is 10.9 Å². The molecule has 3 aromatic carbocycles. The van der Waals surface area contributed by atoms with Gasteiger partial charge in [-0.15, -0.1) is 0 Å². The third-order valence-corrected chi connectivity index (χ3v) is 5.36. The third-order valence-electron chi connectivity index (χ3n) is 5.12. The number of carboxylic acid groups (broad SMARTS) is 1. The van der Waals surface area contributed by atoms with E-state index in [9.17, 15) is 9.90 Å². The molecule has 1 heterocycles. The zero-order valence-electron chi connectivity index (χ0n) is 18.7. The van der Waals surface area contributed by atoms with Gasteiger partial charge in [-0.25, -0.2) is 9.79 Å². The van der Waals surface area contributed by atoms with Crippen molar-refractivity contribution in [1.29, 1.82) is 0 Å². The van der Waals surface area contributed by atoms with E-state index in [1.165, 1.54) is 0 Å². The zero-order valence-corrected chi connectivity index (χ0v) is 19.5. The van der Waals surface area contributed by atoms with Gasteiger partial charge in [0.25, 0.3) is 0 Å². The third kappa shape index (κ3) is 5.39. The number of H-pyrrole nitrogens is 1. The molecule has 0 unspecified atom stereocenters. The highest BCUT2D eigenvalue weighted by atomic mass is 35.5. The Morgan fingerprint density at radius 3 is 2.56 bits per heavy atom. The van der Waals surface area contributed by atoms with Crippen LogP contribution in [0.1, 0.15) is 16.7 Å². The highest BCUT2D eigenvalue weighted by molar-refractivity contribution is 6.31. The molecule has 174 valence electrons. The van der Waals surface area contributed by atoms with Crippen LogP contribution in [-0.4, -0.2) is 52.5 Å². The standard InChI is InChI=1S/C26H24ClN3O4/c1-30(2)14-16-6-9-19(10-7-16)28-25(17-4-3-5-20(12-17)34-15-23(31)32)24-21-11-8-18(27)13-22(21)29-26(24)33/h3-13,29,33H,14-15H2,1-2H3,(H,31,32). The van der Waals surface area contributed by atoms with Crippen LogP contribution in [0.2, 0.25) is 5.02 Å². The van der Waals surface area contributed by atoms with Gasteiger partial charge in [0, 0.05) is 22.5 Å². The van der Waals surface area contributed by atoms with Crippen LogP contribution in [-0.2, 0) is 11.3 Å². The molecule has 0 spiro atoms. The number of ether oxygens (including phenoxy) is 1. The van der Waals surface area contributed by atoms with Crippen molar-refractivity contribution in [3.05, 3.63) is 88.4 Å². The number of aliphatic imine (C=N–C) groups is 1. The maximum Gasteiger partial charge on any atom is 0.341 e. The van der Waals surface area contributed by atoms with E-state index in [0.717, 1.165) is 17.5 Å². The summed E-state index contributed by atoms with van der Waals surface area (Å²) in [6.07, 6.45) is 0. The maximum absolute atomic E-state index is 10.9. The summed E-state index contributed by atoms with van der Waals surface area (Å²) in [6, 6.07) is 20.1. The quantitative estimate of drug-likeness (QED) is 0.302. The van der Waals surface area contributed by atoms with E-state index in [-0.39, 0.29) is 5.88 Å². The van der Waals surface area contributed by atoms with E-state index < -0.39 is 12.6 Å². The van der Waals surface area contributed by atoms with Crippen LogP contribution in [0.5, 0.6) is 11.6 Å². The Labute approximate surface area is 201 Å². The predicted octanol–water partition coefficient (Wildman–Crippen LogP) is 5.22. The van der Waals surface area contributed by atoms with E-state index in [1.54, 1.807) is 30.3 Å². The van der Waals surface area contributed by atoms with E-state index in [1.807, 2.05) is 50.5 Å². The Bertz CT molecular complexity index is 1360. The number of aromatic nitrogens is 1. The van der Waals surface area contributed by atoms with Gasteiger partial charge in [-0.3, -0.25) is 0 Å². The van der Waals surface area contributed by atoms with Crippen molar-refractivity contribution in [3.8, 4) is 11.6 Å². The molecule has 0 saturated carbocycles. The van der Waals surface area contributed by atoms with E-state index >= 15 is 0 Å². The minimum atomic E-state index is -1.07. The molecular weight excluding hydrogens is 454 g/mol. The summed E-state index contributed by atoms with van der Waals surface area (Å²) < 4.78 is 5.37. The summed E-state index contributed by atoms with van der Waals surface area (Å²) in [4.78, 5) is 20.9. The Hall–Kier alpha value is -3.81. The molecule has 0 amide bonds. The molecule has 1 aromatic heterocycles. The molecule has 0 fully saturated rings. The fourth-order valence-electron chi connectivity index (χ4n) is 3.71. The lowest BCUT2D eigenvalue weighted by Gasteiger charge is -2.11. The number of carbonyl (C=O) groups is 1. The van der Waals surface area contributed by atoms with Gasteiger partial charge in [0.15, 0.2) is 12.5 Å². The monoisotopic (exact) mass is 477 g/mol. The highest BCUT2D eigenvalue weighted by Crippen LogP contribution is 2.33. The topological polar surface area (TPSA) is 98.2 Å². The number of hydrogen-bond donors (Lipinski definition) is 3. The number of fused-ring (bicyclic) bond motifs is 1. The zero-order chi connectivity index (χ0) is 24.2. The number of rotatable bonds is 8. The highest BCUT2D eigenvalue weighted by Gasteiger charge is 2.19. The summed E-state index contributed by atoms with van der Waals surface area (Å²) in [5, 5.41) is 21.1. The van der Waals surface area contributed by atoms with Crippen molar-refractivity contribution in [1.82, 2.24) is 9.88 Å². The fourth-order valence-corrected chi connectivity index (χ4v) is 3.88. The van der Waals surface area contributed by atoms with Crippen molar-refractivity contribution in [2.45, 2.75) is 6.54 Å². The van der Waals surface area contributed by atoms with Crippen molar-refractivity contribution >= 4 is 39.9 Å². The van der Waals surface area contributed by atoms with Crippen LogP contribution in [0, 0.1) is 0 Å². The summed E-state index contributed by atoms with van der Waals surface area (Å²) in [7, 11) is 4.02. The Balaban J connectivity index is 1.84. The second-order valence-corrected chi connectivity index (χ2v) is 8.55. The van der Waals surface area contributed by atoms with Crippen LogP contribution >= 0.6 is 11.6 Å². The SMILES string of the molecule is CN(C)Cc1ccc(N=C(c2cccc(OCC(=O)O)c2)c2c(O)[nH]c3cc(Cl)ccc23)cc1. The van der Waals surface area contributed by atoms with Gasteiger partial charge in [-0.1, -0.05) is 41.9 Å². The average molecular weight is 478 g/mol. The van der Waals surface area contributed by atoms with Crippen molar-refractivity contribution in [2.75, 3.05) is 20.7 Å². The lowest BCUT2D eigenvalue weighted by molar-refractivity contribution is -0.139. The lowest BCUT2D eigenvalue weighted by Crippen LogP contribution is -2.10. The fraction of sp³-hybridized carbons (Fsp3) is 0.154. The van der Waals surface area contributed by atoms with Gasteiger partial charge in [0.2, 0.25) is 0 Å². The Morgan fingerprint density at radius 1 is 1.09 bits per heavy atom. The molecule has 0 aliphatic rings. The van der Waals surface area contributed by atoms with Gasteiger partial charge in [-0.2, -0.15) is 0 Å². The van der Waals surface area contributed by atoms with Gasteiger partial charge in [-0.05, 0) is 56.1 Å². The number of nitrogens with one attached hydrogen (secondary N) is 1. The van der Waals surface area contributed by atoms with Crippen molar-refractivity contribution < 1.29 is 19.7 Å². The number of aromatic amines is 1. The summed E-state index contributed by atoms with van der Waals surface area (Å²) in [6.45, 7) is 0.351. The van der Waals surface area contributed by atoms with Gasteiger partial charge in [0.05, 0.1) is 22.5 Å². The van der Waals surface area contributed by atoms with Crippen molar-refractivity contribution in [3.63, 3.8) is 0 Å². The first kappa shape index (κ1) is 23.4. The second kappa shape index (κ2) is 9.99. The van der Waals surface area contributed by atoms with E-state index in [0.29, 0.717) is 38.8 Å². The smallest absolute Gasteiger partial charge is 0.341 e. The largest absolute Gasteiger partial charge is 0.494 e. The molecule has 7 nitrogen and oxygen atoms in total. The van der Waals surface area contributed by atoms with E-state index in [2.05, 4.69) is 9.88 Å². The van der Waals surface area contributed by atoms with Crippen molar-refractivity contribution in [2.24, 2.45) is 4.99 Å². The molecule has 34 heavy (non-hydrogen) atoms. The minimum absolute atomic E-state index is 0.0444. The van der Waals surface area contributed by atoms with Crippen LogP contribution in [0.3, 0.4) is 0 Å². The maximum atomic E-state index is 10.9. The number of hydrogen-bond acceptors (Lipinski definition) is 5. The first-order valence-electron chi connectivity index (χ1n) is 10.6. The average Bonchev–Trinajstić information content (AvgIpc) is 3.11. The molecule has 4 aromatic rings. The summed E-state index contributed by atoms with van der Waals surface area (Å²) >= 11 is 6.14. The molecule has 4 rings (SSSR count). The second-order valence-electron chi connectivity index (χ2n) is 8.11. The Morgan fingerprint density at radius 2 is 1.85 bits per heavy atom. The molecule has 0 aliphatic heterocycles. The number of nitrogens with zero attached hydrogens (tertiary/aromatic N) is 2. The predicted molar refractivity (Wildman–Crippen MR) is 134 cm³/mol. The lowest BCUT2D eigenvalue weighted by atomic mass is 10.0. The van der Waals surface area contributed by atoms with Crippen LogP contribution in [0.15, 0.2) is 71.7 Å². The molecule has 0 bridgehead atoms. The molecule has 8 heteroatoms. The number of aliphatic carboxylic acids is 1. The molecule has 0 radical (unpaired) electrons. The van der Waals surface area contributed by atoms with Gasteiger partial charge >= 0.3 is 5.97 Å². The number of benzene rings is 3. The van der Waals surface area contributed by atoms with E-state index in [4.69, 9.17) is 26.4 Å². The minimum Gasteiger partial charge on any atom is -0.494 e. The first-order valence-corrected chi connectivity index (χ1v) is 11.0. The normalized spacial score (nSPS) is 11.8. The molecule has 0 saturated heterocycles. The Kier molecular flexibility index (Phi) is 6.86. The molecule has 0 aliphatic carbocycles. The first-order chi connectivity index (χ1) is 16.3. The number of halogens is 1. The number of carboxylic acids is 1. The number of aromatic hydroxyl groups is 1. The van der Waals surface area contributed by atoms with Gasteiger partial charge < -0.3 is 24.8 Å². The molecule has 0 atom stereocenters. The van der Waals surface area contributed by atoms with Gasteiger partial charge in [0.1, 0.15) is 5.75 Å². The van der Waals surface area contributed by atoms with Crippen LogP contribution < -0.4 is 4.74 Å². The summed E-state index contributed by atoms with van der Waals surface area (Å²) in [5.41, 5.74) is 4.21.